The van der Waals surface area contributed by atoms with E-state index in [1.165, 1.54) is 6.26 Å². The Balaban J connectivity index is 1.73. The SMILES string of the molecule is CCN(C1CCN(c2ccc3nccnc3n2)CC1)S(C)(=O)=O. The maximum absolute atomic E-state index is 11.8. The molecular formula is C15H21N5O2S. The Bertz CT molecular complexity index is 787. The van der Waals surface area contributed by atoms with Gasteiger partial charge in [-0.3, -0.25) is 4.98 Å². The number of sulfonamides is 1. The maximum atomic E-state index is 11.8. The summed E-state index contributed by atoms with van der Waals surface area (Å²) < 4.78 is 25.3. The summed E-state index contributed by atoms with van der Waals surface area (Å²) in [5, 5.41) is 0. The van der Waals surface area contributed by atoms with E-state index in [1.807, 2.05) is 19.1 Å². The molecular weight excluding hydrogens is 314 g/mol. The quantitative estimate of drug-likeness (QED) is 0.837. The van der Waals surface area contributed by atoms with E-state index >= 15 is 0 Å². The Morgan fingerprint density at radius 2 is 1.91 bits per heavy atom. The lowest BCUT2D eigenvalue weighted by atomic mass is 10.1. The molecule has 0 aliphatic carbocycles. The molecule has 0 atom stereocenters. The lowest BCUT2D eigenvalue weighted by molar-refractivity contribution is 0.285. The molecule has 0 amide bonds. The molecule has 3 rings (SSSR count). The van der Waals surface area contributed by atoms with Crippen molar-refractivity contribution >= 4 is 27.0 Å². The molecule has 0 N–H and O–H groups in total. The normalized spacial score (nSPS) is 17.1. The second-order valence-corrected chi connectivity index (χ2v) is 7.69. The van der Waals surface area contributed by atoms with Crippen molar-refractivity contribution in [2.45, 2.75) is 25.8 Å². The first-order valence-corrected chi connectivity index (χ1v) is 9.63. The molecule has 0 aromatic carbocycles. The number of nitrogens with zero attached hydrogens (tertiary/aromatic N) is 5. The van der Waals surface area contributed by atoms with Crippen LogP contribution in [0.3, 0.4) is 0 Å². The van der Waals surface area contributed by atoms with Crippen LogP contribution in [0.5, 0.6) is 0 Å². The molecule has 0 bridgehead atoms. The summed E-state index contributed by atoms with van der Waals surface area (Å²) in [7, 11) is -3.14. The monoisotopic (exact) mass is 335 g/mol. The number of hydrogen-bond acceptors (Lipinski definition) is 6. The van der Waals surface area contributed by atoms with Crippen molar-refractivity contribution in [1.82, 2.24) is 19.3 Å². The van der Waals surface area contributed by atoms with Gasteiger partial charge in [-0.2, -0.15) is 4.31 Å². The molecule has 124 valence electrons. The van der Waals surface area contributed by atoms with Gasteiger partial charge in [0, 0.05) is 38.1 Å². The maximum Gasteiger partial charge on any atom is 0.211 e. The van der Waals surface area contributed by atoms with Crippen molar-refractivity contribution in [3.8, 4) is 0 Å². The van der Waals surface area contributed by atoms with Gasteiger partial charge in [-0.05, 0) is 25.0 Å². The van der Waals surface area contributed by atoms with Gasteiger partial charge in [0.2, 0.25) is 10.0 Å². The minimum Gasteiger partial charge on any atom is -0.356 e. The number of pyridine rings is 1. The van der Waals surface area contributed by atoms with Crippen molar-refractivity contribution in [1.29, 1.82) is 0 Å². The van der Waals surface area contributed by atoms with Gasteiger partial charge in [0.15, 0.2) is 5.65 Å². The van der Waals surface area contributed by atoms with Gasteiger partial charge in [0.05, 0.1) is 6.26 Å². The van der Waals surface area contributed by atoms with E-state index in [-0.39, 0.29) is 6.04 Å². The Labute approximate surface area is 136 Å². The topological polar surface area (TPSA) is 79.3 Å². The number of hydrogen-bond donors (Lipinski definition) is 0. The summed E-state index contributed by atoms with van der Waals surface area (Å²) in [6, 6.07) is 3.95. The smallest absolute Gasteiger partial charge is 0.211 e. The third kappa shape index (κ3) is 3.42. The van der Waals surface area contributed by atoms with Crippen LogP contribution >= 0.6 is 0 Å². The van der Waals surface area contributed by atoms with Crippen molar-refractivity contribution < 1.29 is 8.42 Å². The van der Waals surface area contributed by atoms with Crippen LogP contribution in [0.4, 0.5) is 5.82 Å². The van der Waals surface area contributed by atoms with Crippen LogP contribution in [0.15, 0.2) is 24.5 Å². The van der Waals surface area contributed by atoms with Crippen molar-refractivity contribution in [3.63, 3.8) is 0 Å². The highest BCUT2D eigenvalue weighted by molar-refractivity contribution is 7.88. The molecule has 0 unspecified atom stereocenters. The summed E-state index contributed by atoms with van der Waals surface area (Å²) in [6.45, 7) is 3.98. The zero-order valence-corrected chi connectivity index (χ0v) is 14.2. The number of rotatable bonds is 4. The highest BCUT2D eigenvalue weighted by Gasteiger charge is 2.29. The highest BCUT2D eigenvalue weighted by atomic mass is 32.2. The molecule has 1 saturated heterocycles. The first-order valence-electron chi connectivity index (χ1n) is 7.78. The van der Waals surface area contributed by atoms with Crippen LogP contribution in [0, 0.1) is 0 Å². The Morgan fingerprint density at radius 1 is 1.22 bits per heavy atom. The van der Waals surface area contributed by atoms with Gasteiger partial charge in [-0.1, -0.05) is 6.92 Å². The van der Waals surface area contributed by atoms with Crippen LogP contribution in [-0.2, 0) is 10.0 Å². The predicted molar refractivity (Wildman–Crippen MR) is 89.8 cm³/mol. The predicted octanol–water partition coefficient (Wildman–Crippen LogP) is 1.28. The Hall–Kier alpha value is -1.80. The van der Waals surface area contributed by atoms with E-state index in [2.05, 4.69) is 19.9 Å². The van der Waals surface area contributed by atoms with Crippen LogP contribution in [-0.4, -0.2) is 59.6 Å². The van der Waals surface area contributed by atoms with E-state index in [0.29, 0.717) is 12.2 Å². The second-order valence-electron chi connectivity index (χ2n) is 5.75. The standard InChI is InChI=1S/C15H21N5O2S/c1-3-20(23(2,21)22)12-6-10-19(11-7-12)14-5-4-13-15(18-14)17-9-8-16-13/h4-5,8-9,12H,3,6-7,10-11H2,1-2H3. The Kier molecular flexibility index (Phi) is 4.45. The molecule has 8 heteroatoms. The van der Waals surface area contributed by atoms with Crippen LogP contribution in [0.1, 0.15) is 19.8 Å². The van der Waals surface area contributed by atoms with Gasteiger partial charge in [-0.15, -0.1) is 0 Å². The minimum absolute atomic E-state index is 0.0755. The number of anilines is 1. The van der Waals surface area contributed by atoms with E-state index in [4.69, 9.17) is 0 Å². The van der Waals surface area contributed by atoms with Crippen molar-refractivity contribution in [2.24, 2.45) is 0 Å². The van der Waals surface area contributed by atoms with Gasteiger partial charge >= 0.3 is 0 Å². The first-order chi connectivity index (χ1) is 11.0. The second kappa shape index (κ2) is 6.37. The summed E-state index contributed by atoms with van der Waals surface area (Å²) in [5.74, 6) is 0.874. The van der Waals surface area contributed by atoms with Crippen molar-refractivity contribution in [3.05, 3.63) is 24.5 Å². The third-order valence-electron chi connectivity index (χ3n) is 4.25. The lowest BCUT2D eigenvalue weighted by Gasteiger charge is -2.37. The molecule has 7 nitrogen and oxygen atoms in total. The van der Waals surface area contributed by atoms with Crippen LogP contribution in [0.25, 0.3) is 11.2 Å². The molecule has 0 saturated carbocycles. The Morgan fingerprint density at radius 3 is 2.57 bits per heavy atom. The van der Waals surface area contributed by atoms with Gasteiger partial charge in [-0.25, -0.2) is 18.4 Å². The van der Waals surface area contributed by atoms with E-state index in [1.54, 1.807) is 16.7 Å². The van der Waals surface area contributed by atoms with Crippen molar-refractivity contribution in [2.75, 3.05) is 30.8 Å². The molecule has 23 heavy (non-hydrogen) atoms. The zero-order valence-electron chi connectivity index (χ0n) is 13.4. The van der Waals surface area contributed by atoms with E-state index in [9.17, 15) is 8.42 Å². The summed E-state index contributed by atoms with van der Waals surface area (Å²) in [6.07, 6.45) is 6.19. The fourth-order valence-electron chi connectivity index (χ4n) is 3.17. The van der Waals surface area contributed by atoms with Gasteiger partial charge in [0.1, 0.15) is 11.3 Å². The molecule has 1 aliphatic rings. The molecule has 1 fully saturated rings. The third-order valence-corrected chi connectivity index (χ3v) is 5.66. The molecule has 3 heterocycles. The van der Waals surface area contributed by atoms with E-state index < -0.39 is 10.0 Å². The average Bonchev–Trinajstić information content (AvgIpc) is 2.54. The average molecular weight is 335 g/mol. The molecule has 1 aliphatic heterocycles. The summed E-state index contributed by atoms with van der Waals surface area (Å²) >= 11 is 0. The van der Waals surface area contributed by atoms with Crippen LogP contribution < -0.4 is 4.90 Å². The minimum atomic E-state index is -3.14. The number of fused-ring (bicyclic) bond motifs is 1. The molecule has 2 aromatic heterocycles. The molecule has 0 radical (unpaired) electrons. The fourth-order valence-corrected chi connectivity index (χ4v) is 4.39. The first kappa shape index (κ1) is 16.1. The van der Waals surface area contributed by atoms with Gasteiger partial charge in [0.25, 0.3) is 0 Å². The molecule has 0 spiro atoms. The number of piperidine rings is 1. The number of aromatic nitrogens is 3. The van der Waals surface area contributed by atoms with Crippen LogP contribution in [0.2, 0.25) is 0 Å². The summed E-state index contributed by atoms with van der Waals surface area (Å²) in [5.41, 5.74) is 1.42. The summed E-state index contributed by atoms with van der Waals surface area (Å²) in [4.78, 5) is 15.2. The van der Waals surface area contributed by atoms with E-state index in [0.717, 1.165) is 37.3 Å². The molecule has 2 aromatic rings. The fraction of sp³-hybridized carbons (Fsp3) is 0.533. The lowest BCUT2D eigenvalue weighted by Crippen LogP contribution is -2.47. The highest BCUT2D eigenvalue weighted by Crippen LogP contribution is 2.23. The zero-order chi connectivity index (χ0) is 16.4. The van der Waals surface area contributed by atoms with Gasteiger partial charge < -0.3 is 4.90 Å². The largest absolute Gasteiger partial charge is 0.356 e.